The molecule has 432 valence electrons. The van der Waals surface area contributed by atoms with Crippen molar-refractivity contribution in [2.45, 2.75) is 303 Å². The number of carbonyl (C=O) groups is 3. The molecule has 0 aliphatic rings. The summed E-state index contributed by atoms with van der Waals surface area (Å²) in [5, 5.41) is 9.81. The van der Waals surface area contributed by atoms with Gasteiger partial charge in [0.05, 0.1) is 19.8 Å². The summed E-state index contributed by atoms with van der Waals surface area (Å²) in [6.07, 6.45) is 60.7. The second-order valence-corrected chi connectivity index (χ2v) is 21.9. The Morgan fingerprint density at radius 1 is 0.392 bits per heavy atom. The number of rotatable bonds is 57. The lowest BCUT2D eigenvalue weighted by Gasteiger charge is -2.21. The van der Waals surface area contributed by atoms with Crippen LogP contribution in [0.4, 0.5) is 0 Å². The van der Waals surface area contributed by atoms with Crippen molar-refractivity contribution in [3.63, 3.8) is 0 Å². The molecular weight excluding hydrogens is 952 g/mol. The Labute approximate surface area is 453 Å². The Morgan fingerprint density at radius 2 is 0.703 bits per heavy atom. The van der Waals surface area contributed by atoms with Gasteiger partial charge in [-0.25, -0.2) is 4.57 Å². The Kier molecular flexibility index (Phi) is 54.7. The van der Waals surface area contributed by atoms with Gasteiger partial charge in [0.15, 0.2) is 6.10 Å². The predicted octanol–water partition coefficient (Wildman–Crippen LogP) is 18.1. The smallest absolute Gasteiger partial charge is 0.462 e. The maximum Gasteiger partial charge on any atom is 0.472 e. The summed E-state index contributed by atoms with van der Waals surface area (Å²) in [6.45, 7) is 4.55. The maximum absolute atomic E-state index is 12.9. The monoisotopic (exact) mass is 1060 g/mol. The quantitative estimate of drug-likeness (QED) is 0.0197. The van der Waals surface area contributed by atoms with Crippen molar-refractivity contribution in [2.24, 2.45) is 0 Å². The van der Waals surface area contributed by atoms with Crippen molar-refractivity contribution < 1.29 is 52.2 Å². The molecule has 0 saturated carbocycles. The minimum Gasteiger partial charge on any atom is -0.462 e. The summed E-state index contributed by atoms with van der Waals surface area (Å²) in [5.74, 6) is -1.46. The summed E-state index contributed by atoms with van der Waals surface area (Å²) in [5.41, 5.74) is 0. The van der Waals surface area contributed by atoms with Gasteiger partial charge in [0.1, 0.15) is 12.7 Å². The highest BCUT2D eigenvalue weighted by Gasteiger charge is 2.28. The summed E-state index contributed by atoms with van der Waals surface area (Å²) in [6, 6.07) is 0. The molecule has 0 aromatic heterocycles. The van der Waals surface area contributed by atoms with E-state index in [4.69, 9.17) is 23.3 Å². The molecule has 74 heavy (non-hydrogen) atoms. The zero-order valence-electron chi connectivity index (χ0n) is 47.8. The fourth-order valence-corrected chi connectivity index (χ4v) is 9.39. The number of ether oxygens (including phenoxy) is 3. The van der Waals surface area contributed by atoms with E-state index in [0.29, 0.717) is 19.3 Å². The summed E-state index contributed by atoms with van der Waals surface area (Å²) in [4.78, 5) is 48.6. The van der Waals surface area contributed by atoms with Crippen LogP contribution in [0.5, 0.6) is 0 Å². The molecule has 12 heteroatoms. The fourth-order valence-electron chi connectivity index (χ4n) is 8.60. The average Bonchev–Trinajstić information content (AvgIpc) is 3.39. The normalized spacial score (nSPS) is 13.6. The van der Waals surface area contributed by atoms with Crippen LogP contribution < -0.4 is 0 Å². The molecule has 0 aliphatic carbocycles. The lowest BCUT2D eigenvalue weighted by molar-refractivity contribution is -0.161. The van der Waals surface area contributed by atoms with E-state index in [-0.39, 0.29) is 25.9 Å². The van der Waals surface area contributed by atoms with Gasteiger partial charge in [-0.1, -0.05) is 243 Å². The van der Waals surface area contributed by atoms with E-state index in [1.54, 1.807) is 0 Å². The number of unbranched alkanes of at least 4 members (excludes halogenated alkanes) is 32. The van der Waals surface area contributed by atoms with Gasteiger partial charge in [0.2, 0.25) is 0 Å². The van der Waals surface area contributed by atoms with Gasteiger partial charge in [-0.05, 0) is 77.0 Å². The van der Waals surface area contributed by atoms with Crippen molar-refractivity contribution in [1.29, 1.82) is 0 Å². The third-order valence-corrected chi connectivity index (χ3v) is 14.2. The molecule has 3 unspecified atom stereocenters. The zero-order valence-corrected chi connectivity index (χ0v) is 48.7. The largest absolute Gasteiger partial charge is 0.472 e. The van der Waals surface area contributed by atoms with Crippen LogP contribution in [0.15, 0.2) is 48.6 Å². The van der Waals surface area contributed by atoms with Crippen molar-refractivity contribution in [1.82, 2.24) is 0 Å². The molecule has 0 bridgehead atoms. The molecule has 0 aromatic rings. The average molecular weight is 1070 g/mol. The second-order valence-electron chi connectivity index (χ2n) is 20.5. The number of phosphoric acid groups is 1. The Morgan fingerprint density at radius 3 is 1.09 bits per heavy atom. The van der Waals surface area contributed by atoms with Crippen molar-refractivity contribution in [2.75, 3.05) is 26.4 Å². The Bertz CT molecular complexity index is 1430. The first kappa shape index (κ1) is 71.4. The number of aliphatic hydroxyl groups is 1. The van der Waals surface area contributed by atoms with Crippen LogP contribution in [0.2, 0.25) is 0 Å². The van der Waals surface area contributed by atoms with Gasteiger partial charge in [0, 0.05) is 19.3 Å². The van der Waals surface area contributed by atoms with E-state index >= 15 is 0 Å². The highest BCUT2D eigenvalue weighted by molar-refractivity contribution is 7.47. The minimum absolute atomic E-state index is 0.158. The number of hydrogen-bond acceptors (Lipinski definition) is 10. The zero-order chi connectivity index (χ0) is 54.1. The van der Waals surface area contributed by atoms with Crippen molar-refractivity contribution in [3.8, 4) is 0 Å². The summed E-state index contributed by atoms with van der Waals surface area (Å²) < 4.78 is 39.6. The lowest BCUT2D eigenvalue weighted by atomic mass is 10.1. The van der Waals surface area contributed by atoms with Gasteiger partial charge < -0.3 is 24.2 Å². The van der Waals surface area contributed by atoms with Crippen LogP contribution in [0.1, 0.15) is 290 Å². The standard InChI is InChI=1S/C62H113O11P/c1-4-7-10-13-16-19-22-24-26-28-29-31-32-34-37-39-42-45-48-51-60(64)69-55-59(73-62(66)53-50-47-44-41-38-35-33-30-27-25-23-20-17-14-11-8-5-2)57-71-74(67,68)70-56-58(54-63)72-61(65)52-49-46-43-40-36-21-18-15-12-9-6-3/h8,11,17,20,24-27,58-59,63H,4-7,9-10,12-16,18-19,21-23,28-57H2,1-3H3,(H,67,68)/b11-8-,20-17-,26-24-,27-25-. The van der Waals surface area contributed by atoms with E-state index in [1.807, 2.05) is 0 Å². The molecule has 0 saturated heterocycles. The number of carbonyl (C=O) groups excluding carboxylic acids is 3. The number of esters is 3. The summed E-state index contributed by atoms with van der Waals surface area (Å²) >= 11 is 0. The van der Waals surface area contributed by atoms with E-state index in [2.05, 4.69) is 69.4 Å². The van der Waals surface area contributed by atoms with E-state index < -0.39 is 57.8 Å². The minimum atomic E-state index is -4.75. The van der Waals surface area contributed by atoms with E-state index in [1.165, 1.54) is 141 Å². The van der Waals surface area contributed by atoms with Gasteiger partial charge in [0.25, 0.3) is 0 Å². The van der Waals surface area contributed by atoms with E-state index in [9.17, 15) is 28.9 Å². The number of aliphatic hydroxyl groups excluding tert-OH is 1. The highest BCUT2D eigenvalue weighted by atomic mass is 31.2. The van der Waals surface area contributed by atoms with Crippen molar-refractivity contribution >= 4 is 25.7 Å². The van der Waals surface area contributed by atoms with Gasteiger partial charge in [-0.15, -0.1) is 0 Å². The van der Waals surface area contributed by atoms with Crippen molar-refractivity contribution in [3.05, 3.63) is 48.6 Å². The molecule has 0 rings (SSSR count). The third-order valence-electron chi connectivity index (χ3n) is 13.2. The Balaban J connectivity index is 4.69. The SMILES string of the molecule is CC/C=C\C/C=C\C/C=C\CCCCCCCCCC(=O)OC(COC(=O)CCCCCCCCCCC/C=C\CCCCCCCC)COP(=O)(O)OCC(CO)OC(=O)CCCCCCCCCCCCC. The first-order chi connectivity index (χ1) is 36.2. The van der Waals surface area contributed by atoms with Gasteiger partial charge in [-0.2, -0.15) is 0 Å². The molecule has 11 nitrogen and oxygen atoms in total. The van der Waals surface area contributed by atoms with Crippen LogP contribution in [-0.2, 0) is 42.2 Å². The maximum atomic E-state index is 12.9. The molecule has 0 aliphatic heterocycles. The predicted molar refractivity (Wildman–Crippen MR) is 307 cm³/mol. The van der Waals surface area contributed by atoms with Gasteiger partial charge in [-0.3, -0.25) is 23.4 Å². The molecule has 0 fully saturated rings. The second kappa shape index (κ2) is 56.6. The fraction of sp³-hybridized carbons (Fsp3) is 0.823. The molecule has 2 N–H and O–H groups in total. The third kappa shape index (κ3) is 54.2. The van der Waals surface area contributed by atoms with Crippen LogP contribution in [0.25, 0.3) is 0 Å². The number of allylic oxidation sites excluding steroid dienone is 8. The molecule has 0 heterocycles. The molecule has 3 atom stereocenters. The number of phosphoric ester groups is 1. The van der Waals surface area contributed by atoms with Gasteiger partial charge >= 0.3 is 25.7 Å². The van der Waals surface area contributed by atoms with Crippen LogP contribution in [-0.4, -0.2) is 66.5 Å². The molecule has 0 amide bonds. The highest BCUT2D eigenvalue weighted by Crippen LogP contribution is 2.43. The topological polar surface area (TPSA) is 155 Å². The summed E-state index contributed by atoms with van der Waals surface area (Å²) in [7, 11) is -4.75. The lowest BCUT2D eigenvalue weighted by Crippen LogP contribution is -2.30. The van der Waals surface area contributed by atoms with Crippen LogP contribution in [0, 0.1) is 0 Å². The molecule has 0 aromatic carbocycles. The first-order valence-corrected chi connectivity index (χ1v) is 32.0. The molecule has 0 spiro atoms. The molecular formula is C62H113O11P. The molecule has 0 radical (unpaired) electrons. The van der Waals surface area contributed by atoms with Crippen LogP contribution >= 0.6 is 7.82 Å². The van der Waals surface area contributed by atoms with Crippen LogP contribution in [0.3, 0.4) is 0 Å². The number of hydrogen-bond donors (Lipinski definition) is 2. The Hall–Kier alpha value is -2.56. The first-order valence-electron chi connectivity index (χ1n) is 30.5. The van der Waals surface area contributed by atoms with E-state index in [0.717, 1.165) is 89.9 Å².